The van der Waals surface area contributed by atoms with Gasteiger partial charge in [0, 0.05) is 23.6 Å². The van der Waals surface area contributed by atoms with Crippen LogP contribution in [0.1, 0.15) is 0 Å². The zero-order valence-corrected chi connectivity index (χ0v) is 14.2. The van der Waals surface area contributed by atoms with Crippen LogP contribution < -0.4 is 10.1 Å². The summed E-state index contributed by atoms with van der Waals surface area (Å²) in [5.41, 5.74) is 3.62. The van der Waals surface area contributed by atoms with Crippen LogP contribution in [0.25, 0.3) is 16.9 Å². The topological polar surface area (TPSA) is 64.9 Å². The van der Waals surface area contributed by atoms with Crippen LogP contribution in [0.5, 0.6) is 5.75 Å². The summed E-state index contributed by atoms with van der Waals surface area (Å²) in [6, 6.07) is 19.4. The number of hydrogen-bond acceptors (Lipinski definition) is 5. The molecule has 0 saturated heterocycles. The van der Waals surface area contributed by atoms with Crippen LogP contribution in [0.4, 0.5) is 11.6 Å². The van der Waals surface area contributed by atoms with E-state index in [0.717, 1.165) is 28.4 Å². The highest BCUT2D eigenvalue weighted by molar-refractivity contribution is 5.61. The maximum Gasteiger partial charge on any atom is 0.227 e. The molecule has 0 radical (unpaired) electrons. The van der Waals surface area contributed by atoms with E-state index < -0.39 is 0 Å². The van der Waals surface area contributed by atoms with Gasteiger partial charge in [-0.05, 0) is 42.5 Å². The van der Waals surface area contributed by atoms with Crippen molar-refractivity contribution in [2.75, 3.05) is 12.4 Å². The van der Waals surface area contributed by atoms with Gasteiger partial charge >= 0.3 is 0 Å². The summed E-state index contributed by atoms with van der Waals surface area (Å²) in [5.74, 6) is 1.36. The number of anilines is 2. The minimum Gasteiger partial charge on any atom is -0.497 e. The molecule has 0 fully saturated rings. The summed E-state index contributed by atoms with van der Waals surface area (Å²) >= 11 is 0. The Labute approximate surface area is 151 Å². The van der Waals surface area contributed by atoms with Crippen molar-refractivity contribution in [2.45, 2.75) is 0 Å². The van der Waals surface area contributed by atoms with Crippen molar-refractivity contribution in [1.29, 1.82) is 0 Å². The number of aromatic nitrogens is 4. The van der Waals surface area contributed by atoms with Gasteiger partial charge in [0.1, 0.15) is 5.75 Å². The second kappa shape index (κ2) is 7.06. The Morgan fingerprint density at radius 2 is 1.77 bits per heavy atom. The van der Waals surface area contributed by atoms with E-state index in [1.54, 1.807) is 24.2 Å². The van der Waals surface area contributed by atoms with Crippen molar-refractivity contribution in [3.05, 3.63) is 79.3 Å². The number of rotatable bonds is 5. The van der Waals surface area contributed by atoms with Gasteiger partial charge in [-0.1, -0.05) is 18.2 Å². The van der Waals surface area contributed by atoms with Crippen LogP contribution in [0.2, 0.25) is 0 Å². The van der Waals surface area contributed by atoms with E-state index in [0.29, 0.717) is 5.95 Å². The smallest absolute Gasteiger partial charge is 0.227 e. The Kier molecular flexibility index (Phi) is 4.30. The first-order valence-corrected chi connectivity index (χ1v) is 8.16. The summed E-state index contributed by atoms with van der Waals surface area (Å²) in [6.07, 6.45) is 5.47. The second-order valence-electron chi connectivity index (χ2n) is 5.63. The van der Waals surface area contributed by atoms with Crippen LogP contribution in [0, 0.1) is 0 Å². The largest absolute Gasteiger partial charge is 0.497 e. The number of nitrogens with one attached hydrogen (secondary N) is 1. The third-order valence-electron chi connectivity index (χ3n) is 3.90. The van der Waals surface area contributed by atoms with Gasteiger partial charge in [0.05, 0.1) is 24.7 Å². The summed E-state index contributed by atoms with van der Waals surface area (Å²) in [5, 5.41) is 7.63. The molecule has 128 valence electrons. The average Bonchev–Trinajstić information content (AvgIpc) is 3.19. The van der Waals surface area contributed by atoms with Gasteiger partial charge in [0.25, 0.3) is 0 Å². The van der Waals surface area contributed by atoms with Crippen molar-refractivity contribution in [3.8, 4) is 22.7 Å². The highest BCUT2D eigenvalue weighted by Crippen LogP contribution is 2.21. The Hall–Kier alpha value is -3.67. The van der Waals surface area contributed by atoms with Crippen LogP contribution in [0.3, 0.4) is 0 Å². The van der Waals surface area contributed by atoms with Gasteiger partial charge in [-0.15, -0.1) is 0 Å². The molecule has 4 aromatic rings. The van der Waals surface area contributed by atoms with Crippen LogP contribution in [0.15, 0.2) is 79.3 Å². The second-order valence-corrected chi connectivity index (χ2v) is 5.63. The summed E-state index contributed by atoms with van der Waals surface area (Å²) in [4.78, 5) is 8.86. The molecule has 0 saturated carbocycles. The first kappa shape index (κ1) is 15.8. The highest BCUT2D eigenvalue weighted by atomic mass is 16.5. The van der Waals surface area contributed by atoms with Crippen molar-refractivity contribution in [2.24, 2.45) is 0 Å². The van der Waals surface area contributed by atoms with Gasteiger partial charge in [-0.2, -0.15) is 5.10 Å². The molecule has 1 N–H and O–H groups in total. The lowest BCUT2D eigenvalue weighted by atomic mass is 10.2. The third-order valence-corrected chi connectivity index (χ3v) is 3.90. The lowest BCUT2D eigenvalue weighted by Crippen LogP contribution is -1.97. The molecule has 2 heterocycles. The van der Waals surface area contributed by atoms with Crippen LogP contribution in [-0.4, -0.2) is 26.9 Å². The highest BCUT2D eigenvalue weighted by Gasteiger charge is 2.07. The zero-order chi connectivity index (χ0) is 17.8. The molecule has 2 aromatic heterocycles. The van der Waals surface area contributed by atoms with Crippen LogP contribution >= 0.6 is 0 Å². The minimum atomic E-state index is 0.547. The lowest BCUT2D eigenvalue weighted by molar-refractivity contribution is 0.414. The maximum atomic E-state index is 5.19. The van der Waals surface area contributed by atoms with Gasteiger partial charge < -0.3 is 10.1 Å². The van der Waals surface area contributed by atoms with E-state index in [9.17, 15) is 0 Å². The Bertz CT molecular complexity index is 996. The molecule has 26 heavy (non-hydrogen) atoms. The first-order valence-electron chi connectivity index (χ1n) is 8.16. The Morgan fingerprint density at radius 3 is 2.54 bits per heavy atom. The molecular weight excluding hydrogens is 326 g/mol. The molecule has 0 amide bonds. The normalized spacial score (nSPS) is 10.5. The standard InChI is InChI=1S/C20H17N5O/c1-26-18-9-7-17(8-10-18)25-14-15(13-22-25)19-11-12-21-20(24-19)23-16-5-3-2-4-6-16/h2-14H,1H3,(H,21,23,24). The fourth-order valence-corrected chi connectivity index (χ4v) is 2.56. The molecular formula is C20H17N5O. The van der Waals surface area contributed by atoms with Gasteiger partial charge in [-0.3, -0.25) is 0 Å². The predicted octanol–water partition coefficient (Wildman–Crippen LogP) is 4.08. The van der Waals surface area contributed by atoms with E-state index >= 15 is 0 Å². The average molecular weight is 343 g/mol. The molecule has 0 aliphatic carbocycles. The summed E-state index contributed by atoms with van der Waals surface area (Å²) in [6.45, 7) is 0. The van der Waals surface area contributed by atoms with E-state index in [1.165, 1.54) is 0 Å². The SMILES string of the molecule is COc1ccc(-n2cc(-c3ccnc(Nc4ccccc4)n3)cn2)cc1. The van der Waals surface area contributed by atoms with E-state index in [1.807, 2.05) is 66.9 Å². The fourth-order valence-electron chi connectivity index (χ4n) is 2.56. The lowest BCUT2D eigenvalue weighted by Gasteiger charge is -2.05. The molecule has 0 atom stereocenters. The van der Waals surface area contributed by atoms with Crippen molar-refractivity contribution in [3.63, 3.8) is 0 Å². The molecule has 0 aliphatic rings. The van der Waals surface area contributed by atoms with Gasteiger partial charge in [-0.25, -0.2) is 14.6 Å². The van der Waals surface area contributed by atoms with Crippen molar-refractivity contribution >= 4 is 11.6 Å². The van der Waals surface area contributed by atoms with Crippen molar-refractivity contribution in [1.82, 2.24) is 19.7 Å². The molecule has 6 heteroatoms. The zero-order valence-electron chi connectivity index (χ0n) is 14.2. The number of ether oxygens (including phenoxy) is 1. The van der Waals surface area contributed by atoms with E-state index in [2.05, 4.69) is 20.4 Å². The van der Waals surface area contributed by atoms with E-state index in [-0.39, 0.29) is 0 Å². The molecule has 0 aliphatic heterocycles. The first-order chi connectivity index (χ1) is 12.8. The quantitative estimate of drug-likeness (QED) is 0.591. The number of benzene rings is 2. The summed E-state index contributed by atoms with van der Waals surface area (Å²) in [7, 11) is 1.65. The fraction of sp³-hybridized carbons (Fsp3) is 0.0500. The predicted molar refractivity (Wildman–Crippen MR) is 101 cm³/mol. The molecule has 4 rings (SSSR count). The monoisotopic (exact) mass is 343 g/mol. The number of nitrogens with zero attached hydrogens (tertiary/aromatic N) is 4. The number of hydrogen-bond donors (Lipinski definition) is 1. The maximum absolute atomic E-state index is 5.19. The van der Waals surface area contributed by atoms with Gasteiger partial charge in [0.2, 0.25) is 5.95 Å². The third kappa shape index (κ3) is 3.39. The van der Waals surface area contributed by atoms with E-state index in [4.69, 9.17) is 4.74 Å². The Balaban J connectivity index is 1.58. The molecule has 6 nitrogen and oxygen atoms in total. The summed E-state index contributed by atoms with van der Waals surface area (Å²) < 4.78 is 6.99. The minimum absolute atomic E-state index is 0.547. The van der Waals surface area contributed by atoms with Crippen molar-refractivity contribution < 1.29 is 4.74 Å². The van der Waals surface area contributed by atoms with Gasteiger partial charge in [0.15, 0.2) is 0 Å². The molecule has 0 unspecified atom stereocenters. The Morgan fingerprint density at radius 1 is 0.962 bits per heavy atom. The number of methoxy groups -OCH3 is 1. The van der Waals surface area contributed by atoms with Crippen LogP contribution in [-0.2, 0) is 0 Å². The number of para-hydroxylation sites is 1. The molecule has 0 bridgehead atoms. The molecule has 2 aromatic carbocycles. The molecule has 0 spiro atoms.